The normalized spacial score (nSPS) is 11.5. The fourth-order valence-electron chi connectivity index (χ4n) is 2.14. The molecular weight excluding hydrogens is 354 g/mol. The van der Waals surface area contributed by atoms with Gasteiger partial charge < -0.3 is 10.1 Å². The van der Waals surface area contributed by atoms with Crippen molar-refractivity contribution in [2.75, 3.05) is 7.05 Å². The molecule has 0 unspecified atom stereocenters. The van der Waals surface area contributed by atoms with Gasteiger partial charge in [0, 0.05) is 12.6 Å². The fourth-order valence-corrected chi connectivity index (χ4v) is 3.09. The van der Waals surface area contributed by atoms with E-state index < -0.39 is 24.0 Å². The SMILES string of the molecule is CCc1ccc(-c2nc(C)c(C(=O)O[C@@H](C)C(=O)NC(=O)NC)s2)cc1. The predicted octanol–water partition coefficient (Wildman–Crippen LogP) is 2.68. The number of nitrogens with zero attached hydrogens (tertiary/aromatic N) is 1. The Balaban J connectivity index is 2.10. The first-order valence-corrected chi connectivity index (χ1v) is 8.97. The van der Waals surface area contributed by atoms with E-state index in [2.05, 4.69) is 22.5 Å². The summed E-state index contributed by atoms with van der Waals surface area (Å²) < 4.78 is 5.15. The van der Waals surface area contributed by atoms with E-state index in [4.69, 9.17) is 4.74 Å². The van der Waals surface area contributed by atoms with Crippen LogP contribution in [0.15, 0.2) is 24.3 Å². The highest BCUT2D eigenvalue weighted by Crippen LogP contribution is 2.29. The van der Waals surface area contributed by atoms with Gasteiger partial charge in [0.25, 0.3) is 5.91 Å². The van der Waals surface area contributed by atoms with Gasteiger partial charge in [-0.25, -0.2) is 14.6 Å². The first-order valence-electron chi connectivity index (χ1n) is 8.16. The maximum absolute atomic E-state index is 12.3. The number of amides is 3. The average Bonchev–Trinajstić information content (AvgIpc) is 3.03. The number of thiazole rings is 1. The van der Waals surface area contributed by atoms with Gasteiger partial charge in [-0.1, -0.05) is 31.2 Å². The van der Waals surface area contributed by atoms with Crippen molar-refractivity contribution in [3.63, 3.8) is 0 Å². The second-order valence-corrected chi connectivity index (χ2v) is 6.60. The highest BCUT2D eigenvalue weighted by molar-refractivity contribution is 7.17. The van der Waals surface area contributed by atoms with Crippen molar-refractivity contribution in [3.05, 3.63) is 40.4 Å². The molecule has 1 aromatic heterocycles. The number of hydrogen-bond acceptors (Lipinski definition) is 6. The van der Waals surface area contributed by atoms with Gasteiger partial charge in [0.2, 0.25) is 0 Å². The summed E-state index contributed by atoms with van der Waals surface area (Å²) in [7, 11) is 1.38. The minimum Gasteiger partial charge on any atom is -0.448 e. The van der Waals surface area contributed by atoms with Gasteiger partial charge in [0.15, 0.2) is 6.10 Å². The summed E-state index contributed by atoms with van der Waals surface area (Å²) in [5.74, 6) is -1.34. The Hall–Kier alpha value is -2.74. The van der Waals surface area contributed by atoms with E-state index in [1.165, 1.54) is 30.9 Å². The van der Waals surface area contributed by atoms with Crippen molar-refractivity contribution in [3.8, 4) is 10.6 Å². The zero-order valence-corrected chi connectivity index (χ0v) is 15.9. The lowest BCUT2D eigenvalue weighted by molar-refractivity contribution is -0.127. The molecule has 0 aliphatic rings. The molecule has 0 fully saturated rings. The highest BCUT2D eigenvalue weighted by atomic mass is 32.1. The second-order valence-electron chi connectivity index (χ2n) is 5.60. The highest BCUT2D eigenvalue weighted by Gasteiger charge is 2.24. The number of imide groups is 1. The summed E-state index contributed by atoms with van der Waals surface area (Å²) in [6.07, 6.45) is -0.154. The van der Waals surface area contributed by atoms with Crippen LogP contribution in [0.1, 0.15) is 34.8 Å². The van der Waals surface area contributed by atoms with E-state index in [0.29, 0.717) is 15.6 Å². The third kappa shape index (κ3) is 4.66. The fraction of sp³-hybridized carbons (Fsp3) is 0.333. The predicted molar refractivity (Wildman–Crippen MR) is 99.1 cm³/mol. The number of ether oxygens (including phenoxy) is 1. The van der Waals surface area contributed by atoms with Gasteiger partial charge >= 0.3 is 12.0 Å². The molecule has 2 N–H and O–H groups in total. The third-order valence-corrected chi connectivity index (χ3v) is 4.89. The van der Waals surface area contributed by atoms with Crippen LogP contribution in [0.25, 0.3) is 10.6 Å². The Morgan fingerprint density at radius 1 is 1.23 bits per heavy atom. The summed E-state index contributed by atoms with van der Waals surface area (Å²) in [6, 6.07) is 7.31. The molecule has 26 heavy (non-hydrogen) atoms. The number of carbonyl (C=O) groups excluding carboxylic acids is 3. The standard InChI is InChI=1S/C18H21N3O4S/c1-5-12-6-8-13(9-7-12)16-20-10(2)14(26-16)17(23)25-11(3)15(22)21-18(24)19-4/h6-9,11H,5H2,1-4H3,(H2,19,21,22,24)/t11-/m0/s1. The maximum Gasteiger partial charge on any atom is 0.351 e. The van der Waals surface area contributed by atoms with E-state index in [9.17, 15) is 14.4 Å². The molecule has 8 heteroatoms. The van der Waals surface area contributed by atoms with E-state index in [1.54, 1.807) is 6.92 Å². The molecule has 1 heterocycles. The number of carbonyl (C=O) groups is 3. The molecule has 0 radical (unpaired) electrons. The van der Waals surface area contributed by atoms with Crippen molar-refractivity contribution >= 4 is 29.2 Å². The van der Waals surface area contributed by atoms with E-state index >= 15 is 0 Å². The number of rotatable bonds is 5. The van der Waals surface area contributed by atoms with Crippen LogP contribution in [0.2, 0.25) is 0 Å². The number of hydrogen-bond donors (Lipinski definition) is 2. The van der Waals surface area contributed by atoms with E-state index in [1.807, 2.05) is 24.3 Å². The minimum atomic E-state index is -1.10. The monoisotopic (exact) mass is 375 g/mol. The topological polar surface area (TPSA) is 97.4 Å². The quantitative estimate of drug-likeness (QED) is 0.783. The summed E-state index contributed by atoms with van der Waals surface area (Å²) in [6.45, 7) is 5.20. The largest absolute Gasteiger partial charge is 0.448 e. The van der Waals surface area contributed by atoms with Gasteiger partial charge in [-0.2, -0.15) is 0 Å². The van der Waals surface area contributed by atoms with Gasteiger partial charge in [-0.3, -0.25) is 10.1 Å². The van der Waals surface area contributed by atoms with Crippen LogP contribution in [0.3, 0.4) is 0 Å². The summed E-state index contributed by atoms with van der Waals surface area (Å²) in [5.41, 5.74) is 2.67. The van der Waals surface area contributed by atoms with Crippen molar-refractivity contribution in [1.82, 2.24) is 15.6 Å². The van der Waals surface area contributed by atoms with Gasteiger partial charge in [-0.05, 0) is 25.8 Å². The molecule has 0 aliphatic heterocycles. The van der Waals surface area contributed by atoms with Crippen LogP contribution in [0.4, 0.5) is 4.79 Å². The molecule has 138 valence electrons. The molecule has 0 saturated heterocycles. The molecule has 1 atom stereocenters. The molecule has 7 nitrogen and oxygen atoms in total. The first kappa shape index (κ1) is 19.6. The Kier molecular flexibility index (Phi) is 6.46. The molecule has 0 bridgehead atoms. The second kappa shape index (κ2) is 8.57. The molecule has 0 aliphatic carbocycles. The lowest BCUT2D eigenvalue weighted by atomic mass is 10.1. The smallest absolute Gasteiger partial charge is 0.351 e. The van der Waals surface area contributed by atoms with Crippen LogP contribution in [0, 0.1) is 6.92 Å². The van der Waals surface area contributed by atoms with Crippen LogP contribution >= 0.6 is 11.3 Å². The Morgan fingerprint density at radius 2 is 1.88 bits per heavy atom. The maximum atomic E-state index is 12.3. The average molecular weight is 375 g/mol. The van der Waals surface area contributed by atoms with Crippen LogP contribution in [-0.2, 0) is 16.0 Å². The molecule has 0 spiro atoms. The minimum absolute atomic E-state index is 0.333. The van der Waals surface area contributed by atoms with Gasteiger partial charge in [0.1, 0.15) is 9.88 Å². The van der Waals surface area contributed by atoms with Crippen molar-refractivity contribution < 1.29 is 19.1 Å². The Labute approximate surface area is 155 Å². The zero-order valence-electron chi connectivity index (χ0n) is 15.1. The third-order valence-electron chi connectivity index (χ3n) is 3.71. The van der Waals surface area contributed by atoms with Crippen LogP contribution < -0.4 is 10.6 Å². The molecule has 3 amide bonds. The molecule has 2 rings (SSSR count). The van der Waals surface area contributed by atoms with Gasteiger partial charge in [0.05, 0.1) is 5.69 Å². The van der Waals surface area contributed by atoms with Crippen molar-refractivity contribution in [1.29, 1.82) is 0 Å². The number of esters is 1. The Morgan fingerprint density at radius 3 is 2.46 bits per heavy atom. The first-order chi connectivity index (χ1) is 12.3. The molecule has 1 aromatic carbocycles. The number of benzene rings is 1. The molecule has 2 aromatic rings. The van der Waals surface area contributed by atoms with E-state index in [-0.39, 0.29) is 0 Å². The zero-order chi connectivity index (χ0) is 19.3. The number of urea groups is 1. The molecular formula is C18H21N3O4S. The summed E-state index contributed by atoms with van der Waals surface area (Å²) in [4.78, 5) is 40.0. The van der Waals surface area contributed by atoms with E-state index in [0.717, 1.165) is 12.0 Å². The number of nitrogens with one attached hydrogen (secondary N) is 2. The summed E-state index contributed by atoms with van der Waals surface area (Å²) in [5, 5.41) is 5.03. The Bertz CT molecular complexity index is 814. The van der Waals surface area contributed by atoms with Crippen molar-refractivity contribution in [2.24, 2.45) is 0 Å². The number of aryl methyl sites for hydroxylation is 2. The van der Waals surface area contributed by atoms with Crippen LogP contribution in [-0.4, -0.2) is 36.0 Å². The lowest BCUT2D eigenvalue weighted by Crippen LogP contribution is -2.43. The number of aromatic nitrogens is 1. The van der Waals surface area contributed by atoms with Gasteiger partial charge in [-0.15, -0.1) is 11.3 Å². The van der Waals surface area contributed by atoms with Crippen molar-refractivity contribution in [2.45, 2.75) is 33.3 Å². The van der Waals surface area contributed by atoms with Crippen LogP contribution in [0.5, 0.6) is 0 Å². The lowest BCUT2D eigenvalue weighted by Gasteiger charge is -2.12. The molecule has 0 saturated carbocycles. The summed E-state index contributed by atoms with van der Waals surface area (Å²) >= 11 is 1.21.